The molecule has 7 heteroatoms. The average Bonchev–Trinajstić information content (AvgIpc) is 3.32. The van der Waals surface area contributed by atoms with Crippen LogP contribution < -0.4 is 10.1 Å². The summed E-state index contributed by atoms with van der Waals surface area (Å²) in [6, 6.07) is 15.8. The SMILES string of the molecule is COc1ccc(-n2nnc(C(=O)NCCc3csc4ccccc34)c2C)cc1. The third-order valence-corrected chi connectivity index (χ3v) is 5.68. The van der Waals surface area contributed by atoms with Gasteiger partial charge in [0.15, 0.2) is 5.69 Å². The Balaban J connectivity index is 1.43. The Hall–Kier alpha value is -3.19. The maximum atomic E-state index is 12.6. The van der Waals surface area contributed by atoms with E-state index in [9.17, 15) is 4.79 Å². The van der Waals surface area contributed by atoms with Crippen LogP contribution >= 0.6 is 11.3 Å². The van der Waals surface area contributed by atoms with Gasteiger partial charge < -0.3 is 10.1 Å². The smallest absolute Gasteiger partial charge is 0.273 e. The molecule has 0 saturated heterocycles. The number of nitrogens with zero attached hydrogens (tertiary/aromatic N) is 3. The van der Waals surface area contributed by atoms with Crippen molar-refractivity contribution in [1.82, 2.24) is 20.3 Å². The lowest BCUT2D eigenvalue weighted by molar-refractivity contribution is 0.0948. The van der Waals surface area contributed by atoms with Gasteiger partial charge in [-0.2, -0.15) is 0 Å². The van der Waals surface area contributed by atoms with Gasteiger partial charge in [0.25, 0.3) is 5.91 Å². The molecule has 0 bridgehead atoms. The van der Waals surface area contributed by atoms with Gasteiger partial charge in [-0.3, -0.25) is 4.79 Å². The van der Waals surface area contributed by atoms with Crippen LogP contribution in [0.3, 0.4) is 0 Å². The fourth-order valence-corrected chi connectivity index (χ4v) is 4.13. The molecule has 2 aromatic carbocycles. The molecule has 0 radical (unpaired) electrons. The summed E-state index contributed by atoms with van der Waals surface area (Å²) >= 11 is 1.73. The summed E-state index contributed by atoms with van der Waals surface area (Å²) in [5, 5.41) is 14.6. The van der Waals surface area contributed by atoms with Crippen molar-refractivity contribution < 1.29 is 9.53 Å². The van der Waals surface area contributed by atoms with E-state index >= 15 is 0 Å². The van der Waals surface area contributed by atoms with E-state index in [0.717, 1.165) is 17.9 Å². The Kier molecular flexibility index (Phi) is 5.08. The summed E-state index contributed by atoms with van der Waals surface area (Å²) in [6.45, 7) is 2.39. The fourth-order valence-electron chi connectivity index (χ4n) is 3.13. The number of hydrogen-bond donors (Lipinski definition) is 1. The Bertz CT molecular complexity index is 1120. The third-order valence-electron chi connectivity index (χ3n) is 4.67. The van der Waals surface area contributed by atoms with Crippen molar-refractivity contribution in [2.75, 3.05) is 13.7 Å². The number of ether oxygens (including phenoxy) is 1. The molecule has 28 heavy (non-hydrogen) atoms. The third kappa shape index (κ3) is 3.48. The topological polar surface area (TPSA) is 69.0 Å². The molecular formula is C21H20N4O2S. The van der Waals surface area contributed by atoms with Gasteiger partial charge in [0.1, 0.15) is 5.75 Å². The van der Waals surface area contributed by atoms with Crippen molar-refractivity contribution >= 4 is 27.3 Å². The summed E-state index contributed by atoms with van der Waals surface area (Å²) < 4.78 is 8.09. The minimum Gasteiger partial charge on any atom is -0.497 e. The number of fused-ring (bicyclic) bond motifs is 1. The number of hydrogen-bond acceptors (Lipinski definition) is 5. The highest BCUT2D eigenvalue weighted by Crippen LogP contribution is 2.25. The predicted octanol–water partition coefficient (Wildman–Crippen LogP) is 3.77. The summed E-state index contributed by atoms with van der Waals surface area (Å²) in [4.78, 5) is 12.6. The van der Waals surface area contributed by atoms with Crippen LogP contribution in [0.4, 0.5) is 0 Å². The van der Waals surface area contributed by atoms with Crippen molar-refractivity contribution in [3.05, 3.63) is 70.9 Å². The molecule has 4 rings (SSSR count). The van der Waals surface area contributed by atoms with Crippen molar-refractivity contribution in [1.29, 1.82) is 0 Å². The summed E-state index contributed by atoms with van der Waals surface area (Å²) in [5.74, 6) is 0.553. The second-order valence-corrected chi connectivity index (χ2v) is 7.31. The molecule has 142 valence electrons. The predicted molar refractivity (Wildman–Crippen MR) is 111 cm³/mol. The maximum absolute atomic E-state index is 12.6. The van der Waals surface area contributed by atoms with E-state index in [1.165, 1.54) is 15.6 Å². The molecular weight excluding hydrogens is 372 g/mol. The number of carbonyl (C=O) groups is 1. The number of rotatable bonds is 6. The largest absolute Gasteiger partial charge is 0.497 e. The number of amides is 1. The minimum absolute atomic E-state index is 0.211. The molecule has 0 spiro atoms. The second kappa shape index (κ2) is 7.82. The Morgan fingerprint density at radius 1 is 1.18 bits per heavy atom. The van der Waals surface area contributed by atoms with E-state index < -0.39 is 0 Å². The zero-order valence-corrected chi connectivity index (χ0v) is 16.5. The van der Waals surface area contributed by atoms with Crippen LogP contribution in [0, 0.1) is 6.92 Å². The maximum Gasteiger partial charge on any atom is 0.273 e. The molecule has 0 aliphatic carbocycles. The summed E-state index contributed by atoms with van der Waals surface area (Å²) in [5.41, 5.74) is 3.11. The van der Waals surface area contributed by atoms with Gasteiger partial charge in [0, 0.05) is 11.2 Å². The van der Waals surface area contributed by atoms with E-state index in [1.54, 1.807) is 23.1 Å². The van der Waals surface area contributed by atoms with E-state index in [4.69, 9.17) is 4.74 Å². The highest BCUT2D eigenvalue weighted by Gasteiger charge is 2.17. The number of benzene rings is 2. The van der Waals surface area contributed by atoms with Crippen LogP contribution in [-0.2, 0) is 6.42 Å². The average molecular weight is 392 g/mol. The van der Waals surface area contributed by atoms with Gasteiger partial charge in [-0.15, -0.1) is 16.4 Å². The number of carbonyl (C=O) groups excluding carboxylic acids is 1. The van der Waals surface area contributed by atoms with Crippen LogP contribution in [0.1, 0.15) is 21.7 Å². The molecule has 0 fully saturated rings. The molecule has 4 aromatic rings. The highest BCUT2D eigenvalue weighted by atomic mass is 32.1. The van der Waals surface area contributed by atoms with E-state index in [0.29, 0.717) is 17.9 Å². The van der Waals surface area contributed by atoms with Crippen LogP contribution in [0.2, 0.25) is 0 Å². The van der Waals surface area contributed by atoms with Crippen molar-refractivity contribution in [2.24, 2.45) is 0 Å². The summed E-state index contributed by atoms with van der Waals surface area (Å²) in [6.07, 6.45) is 0.779. The van der Waals surface area contributed by atoms with Crippen LogP contribution in [-0.4, -0.2) is 34.6 Å². The number of thiophene rings is 1. The first-order valence-corrected chi connectivity index (χ1v) is 9.85. The Labute approximate surface area is 166 Å². The van der Waals surface area contributed by atoms with Crippen molar-refractivity contribution in [3.63, 3.8) is 0 Å². The minimum atomic E-state index is -0.211. The molecule has 0 aliphatic heterocycles. The van der Waals surface area contributed by atoms with E-state index in [-0.39, 0.29) is 5.91 Å². The normalized spacial score (nSPS) is 10.9. The van der Waals surface area contributed by atoms with Gasteiger partial charge in [-0.05, 0) is 60.0 Å². The molecule has 2 heterocycles. The van der Waals surface area contributed by atoms with Gasteiger partial charge in [-0.25, -0.2) is 4.68 Å². The highest BCUT2D eigenvalue weighted by molar-refractivity contribution is 7.17. The fraction of sp³-hybridized carbons (Fsp3) is 0.190. The molecule has 6 nitrogen and oxygen atoms in total. The molecule has 0 saturated carbocycles. The van der Waals surface area contributed by atoms with Crippen LogP contribution in [0.25, 0.3) is 15.8 Å². The molecule has 1 amide bonds. The quantitative estimate of drug-likeness (QED) is 0.542. The van der Waals surface area contributed by atoms with Crippen molar-refractivity contribution in [3.8, 4) is 11.4 Å². The Morgan fingerprint density at radius 2 is 1.96 bits per heavy atom. The van der Waals surface area contributed by atoms with Crippen molar-refractivity contribution in [2.45, 2.75) is 13.3 Å². The monoisotopic (exact) mass is 392 g/mol. The van der Waals surface area contributed by atoms with Crippen LogP contribution in [0.15, 0.2) is 53.9 Å². The molecule has 0 aliphatic rings. The standard InChI is InChI=1S/C21H20N4O2S/c1-14-20(23-24-25(14)16-7-9-17(27-2)10-8-16)21(26)22-12-11-15-13-28-19-6-4-3-5-18(15)19/h3-10,13H,11-12H2,1-2H3,(H,22,26). The lowest BCUT2D eigenvalue weighted by Crippen LogP contribution is -2.26. The lowest BCUT2D eigenvalue weighted by Gasteiger charge is -2.06. The second-order valence-electron chi connectivity index (χ2n) is 6.40. The molecule has 0 atom stereocenters. The lowest BCUT2D eigenvalue weighted by atomic mass is 10.1. The molecule has 1 N–H and O–H groups in total. The number of methoxy groups -OCH3 is 1. The number of aromatic nitrogens is 3. The first-order valence-electron chi connectivity index (χ1n) is 8.97. The van der Waals surface area contributed by atoms with E-state index in [2.05, 4.69) is 33.1 Å². The first-order chi connectivity index (χ1) is 13.7. The van der Waals surface area contributed by atoms with Gasteiger partial charge in [0.2, 0.25) is 0 Å². The first kappa shape index (κ1) is 18.2. The van der Waals surface area contributed by atoms with Gasteiger partial charge >= 0.3 is 0 Å². The number of nitrogens with one attached hydrogen (secondary N) is 1. The van der Waals surface area contributed by atoms with Gasteiger partial charge in [0.05, 0.1) is 18.5 Å². The zero-order valence-electron chi connectivity index (χ0n) is 15.7. The van der Waals surface area contributed by atoms with Gasteiger partial charge in [-0.1, -0.05) is 23.4 Å². The van der Waals surface area contributed by atoms with E-state index in [1.807, 2.05) is 43.3 Å². The molecule has 0 unspecified atom stereocenters. The summed E-state index contributed by atoms with van der Waals surface area (Å²) in [7, 11) is 1.62. The Morgan fingerprint density at radius 3 is 2.75 bits per heavy atom. The zero-order chi connectivity index (χ0) is 19.5. The van der Waals surface area contributed by atoms with Crippen LogP contribution in [0.5, 0.6) is 5.75 Å². The molecule has 2 aromatic heterocycles.